The van der Waals surface area contributed by atoms with Gasteiger partial charge in [-0.25, -0.2) is 0 Å². The SMILES string of the molecule is CC#Cc1occc1C1CC2(C)C(CCC3(C)C(C(=O)OC)CC(OC(=O)CSC#N)C(=O)C32)C(=O)O1. The number of Topliss-reactive ketones (excluding diaryl/α,β-unsaturated/α-hetero) is 1. The van der Waals surface area contributed by atoms with Crippen molar-refractivity contribution in [1.82, 2.24) is 0 Å². The predicted octanol–water partition coefficient (Wildman–Crippen LogP) is 3.57. The molecule has 1 aromatic heterocycles. The largest absolute Gasteiger partial charge is 0.469 e. The third-order valence-corrected chi connectivity index (χ3v) is 8.91. The van der Waals surface area contributed by atoms with Crippen LogP contribution < -0.4 is 0 Å². The van der Waals surface area contributed by atoms with E-state index in [2.05, 4.69) is 11.8 Å². The molecular formula is C27H29NO8S. The number of carbonyl (C=O) groups excluding carboxylic acids is 4. The van der Waals surface area contributed by atoms with Crippen molar-refractivity contribution in [2.24, 2.45) is 28.6 Å². The van der Waals surface area contributed by atoms with Crippen molar-refractivity contribution >= 4 is 35.5 Å². The third kappa shape index (κ3) is 4.53. The van der Waals surface area contributed by atoms with Crippen LogP contribution in [0, 0.1) is 51.1 Å². The topological polar surface area (TPSA) is 133 Å². The first-order valence-electron chi connectivity index (χ1n) is 12.1. The number of ether oxygens (including phenoxy) is 3. The highest BCUT2D eigenvalue weighted by Crippen LogP contribution is 2.65. The number of esters is 3. The summed E-state index contributed by atoms with van der Waals surface area (Å²) in [6.45, 7) is 5.46. The molecule has 1 aliphatic heterocycles. The maximum absolute atomic E-state index is 14.1. The van der Waals surface area contributed by atoms with E-state index in [-0.39, 0.29) is 18.0 Å². The molecule has 1 saturated heterocycles. The van der Waals surface area contributed by atoms with E-state index in [4.69, 9.17) is 23.9 Å². The van der Waals surface area contributed by atoms with Gasteiger partial charge in [-0.1, -0.05) is 19.8 Å². The molecule has 0 spiro atoms. The van der Waals surface area contributed by atoms with Gasteiger partial charge in [0, 0.05) is 17.9 Å². The molecule has 0 bridgehead atoms. The number of thioether (sulfide) groups is 1. The van der Waals surface area contributed by atoms with Gasteiger partial charge in [0.2, 0.25) is 0 Å². The second-order valence-electron chi connectivity index (χ2n) is 10.3. The van der Waals surface area contributed by atoms with Crippen LogP contribution in [-0.2, 0) is 33.4 Å². The summed E-state index contributed by atoms with van der Waals surface area (Å²) < 4.78 is 22.0. The molecule has 7 unspecified atom stereocenters. The lowest BCUT2D eigenvalue weighted by atomic mass is 9.43. The molecule has 2 heterocycles. The van der Waals surface area contributed by atoms with Gasteiger partial charge in [-0.2, -0.15) is 5.26 Å². The molecule has 10 heteroatoms. The average Bonchev–Trinajstić information content (AvgIpc) is 3.31. The molecule has 0 amide bonds. The van der Waals surface area contributed by atoms with Gasteiger partial charge >= 0.3 is 17.9 Å². The van der Waals surface area contributed by atoms with Crippen LogP contribution in [0.25, 0.3) is 0 Å². The van der Waals surface area contributed by atoms with E-state index >= 15 is 0 Å². The number of carbonyl (C=O) groups is 4. The molecule has 0 radical (unpaired) electrons. The van der Waals surface area contributed by atoms with Gasteiger partial charge in [0.15, 0.2) is 17.6 Å². The molecule has 3 fully saturated rings. The van der Waals surface area contributed by atoms with E-state index in [1.54, 1.807) is 18.4 Å². The number of methoxy groups -OCH3 is 1. The number of furan rings is 1. The van der Waals surface area contributed by atoms with Gasteiger partial charge in [0.25, 0.3) is 0 Å². The Kier molecular flexibility index (Phi) is 7.43. The van der Waals surface area contributed by atoms with E-state index in [1.165, 1.54) is 13.4 Å². The maximum Gasteiger partial charge on any atom is 0.317 e. The minimum atomic E-state index is -1.18. The third-order valence-electron chi connectivity index (χ3n) is 8.40. The number of nitrogens with zero attached hydrogens (tertiary/aromatic N) is 1. The smallest absolute Gasteiger partial charge is 0.317 e. The van der Waals surface area contributed by atoms with Gasteiger partial charge < -0.3 is 18.6 Å². The maximum atomic E-state index is 14.1. The second-order valence-corrected chi connectivity index (χ2v) is 11.1. The number of thiocyanates is 1. The summed E-state index contributed by atoms with van der Waals surface area (Å²) in [5.74, 6) is 1.84. The van der Waals surface area contributed by atoms with E-state index in [9.17, 15) is 19.2 Å². The van der Waals surface area contributed by atoms with Crippen molar-refractivity contribution in [2.75, 3.05) is 12.9 Å². The van der Waals surface area contributed by atoms with Gasteiger partial charge in [-0.05, 0) is 60.8 Å². The number of ketones is 1. The molecule has 2 aliphatic carbocycles. The Morgan fingerprint density at radius 3 is 2.70 bits per heavy atom. The number of rotatable bonds is 5. The van der Waals surface area contributed by atoms with E-state index in [1.807, 2.05) is 13.8 Å². The van der Waals surface area contributed by atoms with Crippen LogP contribution in [-0.4, -0.2) is 42.7 Å². The molecule has 37 heavy (non-hydrogen) atoms. The molecule has 0 N–H and O–H groups in total. The van der Waals surface area contributed by atoms with Gasteiger partial charge in [-0.15, -0.1) is 0 Å². The fourth-order valence-electron chi connectivity index (χ4n) is 6.86. The molecular weight excluding hydrogens is 498 g/mol. The molecule has 1 aromatic rings. The van der Waals surface area contributed by atoms with Crippen LogP contribution in [0.2, 0.25) is 0 Å². The Morgan fingerprint density at radius 1 is 1.27 bits per heavy atom. The van der Waals surface area contributed by atoms with E-state index < -0.39 is 58.7 Å². The molecule has 7 atom stereocenters. The van der Waals surface area contributed by atoms with Crippen molar-refractivity contribution in [3.63, 3.8) is 0 Å². The van der Waals surface area contributed by atoms with Crippen molar-refractivity contribution in [3.8, 4) is 17.2 Å². The Labute approximate surface area is 219 Å². The summed E-state index contributed by atoms with van der Waals surface area (Å²) in [6, 6.07) is 1.71. The fourth-order valence-corrected chi connectivity index (χ4v) is 7.11. The van der Waals surface area contributed by atoms with Gasteiger partial charge in [-0.3, -0.25) is 19.2 Å². The normalized spacial score (nSPS) is 34.5. The summed E-state index contributed by atoms with van der Waals surface area (Å²) in [5, 5.41) is 10.6. The number of cyclic esters (lactones) is 1. The van der Waals surface area contributed by atoms with Crippen LogP contribution in [0.1, 0.15) is 63.9 Å². The monoisotopic (exact) mass is 527 g/mol. The second kappa shape index (κ2) is 10.3. The van der Waals surface area contributed by atoms with E-state index in [0.717, 1.165) is 0 Å². The number of nitriles is 1. The zero-order chi connectivity index (χ0) is 27.0. The summed E-state index contributed by atoms with van der Waals surface area (Å²) in [7, 11) is 1.29. The molecule has 196 valence electrons. The van der Waals surface area contributed by atoms with E-state index in [0.29, 0.717) is 42.3 Å². The van der Waals surface area contributed by atoms with Crippen molar-refractivity contribution in [2.45, 2.75) is 58.7 Å². The Balaban J connectivity index is 1.76. The lowest BCUT2D eigenvalue weighted by molar-refractivity contribution is -0.210. The lowest BCUT2D eigenvalue weighted by Crippen LogP contribution is -2.64. The standard InChI is InChI=1S/C27H29NO8S/c1-5-6-18-15(8-10-34-18)20-12-27(3)16(25(32)36-20)7-9-26(2)17(24(31)33-4)11-19(22(30)23(26)27)35-21(29)13-37-14-28/h8,10,16-17,19-20,23H,7,9,11-13H2,1-4H3. The van der Waals surface area contributed by atoms with Crippen LogP contribution >= 0.6 is 11.8 Å². The van der Waals surface area contributed by atoms with Crippen molar-refractivity contribution in [1.29, 1.82) is 5.26 Å². The highest BCUT2D eigenvalue weighted by atomic mass is 32.2. The zero-order valence-corrected chi connectivity index (χ0v) is 22.0. The Bertz CT molecular complexity index is 1220. The van der Waals surface area contributed by atoms with Crippen molar-refractivity contribution < 1.29 is 37.8 Å². The number of fused-ring (bicyclic) bond motifs is 3. The lowest BCUT2D eigenvalue weighted by Gasteiger charge is -2.61. The van der Waals surface area contributed by atoms with Crippen LogP contribution in [0.15, 0.2) is 16.7 Å². The molecule has 3 aliphatic rings. The van der Waals surface area contributed by atoms with Crippen molar-refractivity contribution in [3.05, 3.63) is 23.7 Å². The summed E-state index contributed by atoms with van der Waals surface area (Å²) in [5.41, 5.74) is -1.08. The molecule has 0 aromatic carbocycles. The predicted molar refractivity (Wildman–Crippen MR) is 130 cm³/mol. The molecule has 9 nitrogen and oxygen atoms in total. The zero-order valence-electron chi connectivity index (χ0n) is 21.2. The van der Waals surface area contributed by atoms with Crippen LogP contribution in [0.3, 0.4) is 0 Å². The van der Waals surface area contributed by atoms with Gasteiger partial charge in [0.1, 0.15) is 17.3 Å². The summed E-state index contributed by atoms with van der Waals surface area (Å²) in [6.07, 6.45) is 0.802. The first-order valence-corrected chi connectivity index (χ1v) is 13.1. The Morgan fingerprint density at radius 2 is 2.03 bits per heavy atom. The Hall–Kier alpha value is -3.24. The first-order chi connectivity index (χ1) is 17.6. The molecule has 4 rings (SSSR count). The summed E-state index contributed by atoms with van der Waals surface area (Å²) in [4.78, 5) is 52.8. The minimum Gasteiger partial charge on any atom is -0.469 e. The molecule has 2 saturated carbocycles. The first kappa shape index (κ1) is 26.8. The minimum absolute atomic E-state index is 0.00590. The summed E-state index contributed by atoms with van der Waals surface area (Å²) >= 11 is 0.708. The average molecular weight is 528 g/mol. The fraction of sp³-hybridized carbons (Fsp3) is 0.593. The quantitative estimate of drug-likeness (QED) is 0.242. The van der Waals surface area contributed by atoms with Gasteiger partial charge in [0.05, 0.1) is 25.2 Å². The number of hydrogen-bond acceptors (Lipinski definition) is 10. The highest BCUT2D eigenvalue weighted by Gasteiger charge is 2.68. The highest BCUT2D eigenvalue weighted by molar-refractivity contribution is 8.04. The number of hydrogen-bond donors (Lipinski definition) is 0. The van der Waals surface area contributed by atoms with Crippen LogP contribution in [0.4, 0.5) is 0 Å². The van der Waals surface area contributed by atoms with Crippen LogP contribution in [0.5, 0.6) is 0 Å².